The summed E-state index contributed by atoms with van der Waals surface area (Å²) in [6, 6.07) is 4.78. The number of hydrogen-bond donors (Lipinski definition) is 3. The molecule has 2 rings (SSSR count). The molecule has 1 aliphatic heterocycles. The van der Waals surface area contributed by atoms with E-state index >= 15 is 0 Å². The van der Waals surface area contributed by atoms with Crippen LogP contribution >= 0.6 is 0 Å². The van der Waals surface area contributed by atoms with Crippen LogP contribution in [-0.2, 0) is 0 Å². The summed E-state index contributed by atoms with van der Waals surface area (Å²) in [5.74, 6) is -1.00. The van der Waals surface area contributed by atoms with Gasteiger partial charge in [0.1, 0.15) is 0 Å². The monoisotopic (exact) mass is 208 g/mol. The SMILES string of the molecule is Nc1cccc(C(=O)O)c1N1CC(O)C1. The van der Waals surface area contributed by atoms with E-state index in [0.29, 0.717) is 24.5 Å². The molecule has 0 saturated carbocycles. The molecule has 0 aromatic heterocycles. The lowest BCUT2D eigenvalue weighted by molar-refractivity contribution is 0.0695. The third kappa shape index (κ3) is 1.61. The van der Waals surface area contributed by atoms with E-state index in [2.05, 4.69) is 0 Å². The van der Waals surface area contributed by atoms with Gasteiger partial charge in [0.15, 0.2) is 0 Å². The molecule has 0 spiro atoms. The van der Waals surface area contributed by atoms with Crippen molar-refractivity contribution in [2.75, 3.05) is 23.7 Å². The summed E-state index contributed by atoms with van der Waals surface area (Å²) < 4.78 is 0. The van der Waals surface area contributed by atoms with E-state index in [1.165, 1.54) is 6.07 Å². The number of benzene rings is 1. The van der Waals surface area contributed by atoms with Gasteiger partial charge in [0, 0.05) is 13.1 Å². The molecular weight excluding hydrogens is 196 g/mol. The van der Waals surface area contributed by atoms with Crippen LogP contribution < -0.4 is 10.6 Å². The summed E-state index contributed by atoms with van der Waals surface area (Å²) in [5.41, 5.74) is 6.85. The van der Waals surface area contributed by atoms with Crippen molar-refractivity contribution in [2.24, 2.45) is 0 Å². The Morgan fingerprint density at radius 3 is 2.67 bits per heavy atom. The maximum Gasteiger partial charge on any atom is 0.337 e. The van der Waals surface area contributed by atoms with Crippen LogP contribution in [0.4, 0.5) is 11.4 Å². The zero-order valence-corrected chi connectivity index (χ0v) is 8.05. The Kier molecular flexibility index (Phi) is 2.24. The number of carbonyl (C=O) groups is 1. The van der Waals surface area contributed by atoms with Crippen LogP contribution in [0.25, 0.3) is 0 Å². The minimum absolute atomic E-state index is 0.182. The lowest BCUT2D eigenvalue weighted by Gasteiger charge is -2.39. The van der Waals surface area contributed by atoms with Gasteiger partial charge in [-0.1, -0.05) is 6.07 Å². The van der Waals surface area contributed by atoms with Crippen molar-refractivity contribution >= 4 is 17.3 Å². The molecule has 5 nitrogen and oxygen atoms in total. The van der Waals surface area contributed by atoms with Crippen LogP contribution in [-0.4, -0.2) is 35.4 Å². The van der Waals surface area contributed by atoms with Gasteiger partial charge in [0.05, 0.1) is 23.0 Å². The first-order chi connectivity index (χ1) is 7.09. The van der Waals surface area contributed by atoms with E-state index in [9.17, 15) is 9.90 Å². The molecule has 1 saturated heterocycles. The van der Waals surface area contributed by atoms with Gasteiger partial charge in [-0.25, -0.2) is 4.79 Å². The molecule has 1 fully saturated rings. The number of aromatic carboxylic acids is 1. The Morgan fingerprint density at radius 2 is 2.13 bits per heavy atom. The van der Waals surface area contributed by atoms with Gasteiger partial charge >= 0.3 is 5.97 Å². The van der Waals surface area contributed by atoms with Crippen molar-refractivity contribution in [1.82, 2.24) is 0 Å². The summed E-state index contributed by atoms with van der Waals surface area (Å²) in [6.45, 7) is 0.878. The van der Waals surface area contributed by atoms with Crippen molar-refractivity contribution in [3.63, 3.8) is 0 Å². The predicted molar refractivity (Wildman–Crippen MR) is 56.0 cm³/mol. The highest BCUT2D eigenvalue weighted by Gasteiger charge is 2.29. The number of nitrogens with zero attached hydrogens (tertiary/aromatic N) is 1. The molecule has 15 heavy (non-hydrogen) atoms. The number of hydrogen-bond acceptors (Lipinski definition) is 4. The predicted octanol–water partition coefficient (Wildman–Crippen LogP) is 0.148. The normalized spacial score (nSPS) is 16.2. The average molecular weight is 208 g/mol. The highest BCUT2D eigenvalue weighted by atomic mass is 16.4. The van der Waals surface area contributed by atoms with Gasteiger partial charge in [-0.15, -0.1) is 0 Å². The molecule has 4 N–H and O–H groups in total. The molecule has 80 valence electrons. The van der Waals surface area contributed by atoms with E-state index in [4.69, 9.17) is 10.8 Å². The summed E-state index contributed by atoms with van der Waals surface area (Å²) in [5, 5.41) is 18.1. The van der Waals surface area contributed by atoms with E-state index in [-0.39, 0.29) is 11.7 Å². The molecule has 1 aromatic carbocycles. The lowest BCUT2D eigenvalue weighted by Crippen LogP contribution is -2.51. The molecule has 0 atom stereocenters. The van der Waals surface area contributed by atoms with Crippen molar-refractivity contribution < 1.29 is 15.0 Å². The highest BCUT2D eigenvalue weighted by Crippen LogP contribution is 2.31. The van der Waals surface area contributed by atoms with E-state index in [1.807, 2.05) is 0 Å². The maximum atomic E-state index is 11.0. The minimum Gasteiger partial charge on any atom is -0.478 e. The topological polar surface area (TPSA) is 86.8 Å². The number of carboxylic acid groups (broad SMARTS) is 1. The summed E-state index contributed by atoms with van der Waals surface area (Å²) in [4.78, 5) is 12.7. The second-order valence-electron chi connectivity index (χ2n) is 3.61. The maximum absolute atomic E-state index is 11.0. The Morgan fingerprint density at radius 1 is 1.47 bits per heavy atom. The molecule has 1 aliphatic rings. The van der Waals surface area contributed by atoms with Crippen LogP contribution in [0.3, 0.4) is 0 Å². The third-order valence-corrected chi connectivity index (χ3v) is 2.48. The average Bonchev–Trinajstić information content (AvgIpc) is 2.13. The molecule has 1 heterocycles. The quantitative estimate of drug-likeness (QED) is 0.602. The first-order valence-electron chi connectivity index (χ1n) is 4.64. The van der Waals surface area contributed by atoms with Gasteiger partial charge < -0.3 is 20.8 Å². The van der Waals surface area contributed by atoms with Crippen LogP contribution in [0, 0.1) is 0 Å². The molecule has 5 heteroatoms. The molecule has 1 aromatic rings. The number of para-hydroxylation sites is 1. The molecule has 0 aliphatic carbocycles. The van der Waals surface area contributed by atoms with Gasteiger partial charge in [0.2, 0.25) is 0 Å². The summed E-state index contributed by atoms with van der Waals surface area (Å²) >= 11 is 0. The Bertz CT molecular complexity index is 400. The second kappa shape index (κ2) is 3.43. The fourth-order valence-corrected chi connectivity index (χ4v) is 1.72. The first kappa shape index (κ1) is 9.79. The molecule has 0 radical (unpaired) electrons. The number of carboxylic acids is 1. The van der Waals surface area contributed by atoms with Crippen molar-refractivity contribution in [3.05, 3.63) is 23.8 Å². The lowest BCUT2D eigenvalue weighted by atomic mass is 10.1. The van der Waals surface area contributed by atoms with Gasteiger partial charge in [0.25, 0.3) is 0 Å². The molecule has 0 unspecified atom stereocenters. The zero-order chi connectivity index (χ0) is 11.0. The number of β-amino-alcohol motifs (C(OH)–C–C–N with tert-alkyl or cyclic N) is 1. The fourth-order valence-electron chi connectivity index (χ4n) is 1.72. The number of nitrogen functional groups attached to an aromatic ring is 1. The third-order valence-electron chi connectivity index (χ3n) is 2.48. The number of aliphatic hydroxyl groups is 1. The van der Waals surface area contributed by atoms with Crippen LogP contribution in [0.2, 0.25) is 0 Å². The van der Waals surface area contributed by atoms with Gasteiger partial charge in [-0.3, -0.25) is 0 Å². The molecule has 0 bridgehead atoms. The number of rotatable bonds is 2. The number of aliphatic hydroxyl groups excluding tert-OH is 1. The smallest absolute Gasteiger partial charge is 0.337 e. The molecule has 0 amide bonds. The fraction of sp³-hybridized carbons (Fsp3) is 0.300. The summed E-state index contributed by atoms with van der Waals surface area (Å²) in [7, 11) is 0. The van der Waals surface area contributed by atoms with Crippen molar-refractivity contribution in [2.45, 2.75) is 6.10 Å². The van der Waals surface area contributed by atoms with Crippen LogP contribution in [0.15, 0.2) is 18.2 Å². The largest absolute Gasteiger partial charge is 0.478 e. The van der Waals surface area contributed by atoms with E-state index in [1.54, 1.807) is 17.0 Å². The van der Waals surface area contributed by atoms with Crippen molar-refractivity contribution in [1.29, 1.82) is 0 Å². The van der Waals surface area contributed by atoms with E-state index < -0.39 is 5.97 Å². The van der Waals surface area contributed by atoms with Gasteiger partial charge in [-0.2, -0.15) is 0 Å². The van der Waals surface area contributed by atoms with Crippen LogP contribution in [0.5, 0.6) is 0 Å². The van der Waals surface area contributed by atoms with Gasteiger partial charge in [-0.05, 0) is 12.1 Å². The minimum atomic E-state index is -1.00. The highest BCUT2D eigenvalue weighted by molar-refractivity contribution is 5.98. The zero-order valence-electron chi connectivity index (χ0n) is 8.05. The Hall–Kier alpha value is -1.75. The van der Waals surface area contributed by atoms with Crippen LogP contribution in [0.1, 0.15) is 10.4 Å². The number of anilines is 2. The molecular formula is C10H12N2O3. The standard InChI is InChI=1S/C10H12N2O3/c11-8-3-1-2-7(10(14)15)9(8)12-4-6(13)5-12/h1-3,6,13H,4-5,11H2,(H,14,15). The summed E-state index contributed by atoms with van der Waals surface area (Å²) in [6.07, 6.45) is -0.383. The second-order valence-corrected chi connectivity index (χ2v) is 3.61. The van der Waals surface area contributed by atoms with E-state index in [0.717, 1.165) is 0 Å². The number of nitrogens with two attached hydrogens (primary N) is 1. The first-order valence-corrected chi connectivity index (χ1v) is 4.64. The van der Waals surface area contributed by atoms with Crippen molar-refractivity contribution in [3.8, 4) is 0 Å². The Labute approximate surface area is 86.7 Å². The Balaban J connectivity index is 2.39.